The Bertz CT molecular complexity index is 394. The van der Waals surface area contributed by atoms with Gasteiger partial charge < -0.3 is 4.74 Å². The maximum Gasteiger partial charge on any atom is 0.302 e. The number of rotatable bonds is 4. The number of carbonyl (C=O) groups is 2. The summed E-state index contributed by atoms with van der Waals surface area (Å²) in [6, 6.07) is 7.21. The maximum absolute atomic E-state index is 11.9. The van der Waals surface area contributed by atoms with E-state index in [9.17, 15) is 9.59 Å². The molecule has 1 aromatic carbocycles. The fraction of sp³-hybridized carbons (Fsp3) is 0.385. The molecule has 0 aliphatic carbocycles. The number of Topliss-reactive ketones (excluding diaryl/α,β-unsaturated/α-hetero) is 1. The van der Waals surface area contributed by atoms with Crippen molar-refractivity contribution in [3.8, 4) is 0 Å². The van der Waals surface area contributed by atoms with E-state index in [4.69, 9.17) is 4.74 Å². The SMILES string of the molecule is CC(=O)OCc1ccccc1C(=O)C(C)C. The fourth-order valence-corrected chi connectivity index (χ4v) is 1.38. The van der Waals surface area contributed by atoms with Crippen molar-refractivity contribution < 1.29 is 14.3 Å². The molecule has 1 rings (SSSR count). The predicted molar refractivity (Wildman–Crippen MR) is 61.1 cm³/mol. The lowest BCUT2D eigenvalue weighted by atomic mass is 9.97. The van der Waals surface area contributed by atoms with Crippen molar-refractivity contribution in [2.45, 2.75) is 27.4 Å². The maximum atomic E-state index is 11.9. The van der Waals surface area contributed by atoms with Crippen LogP contribution in [0.5, 0.6) is 0 Å². The van der Waals surface area contributed by atoms with Crippen LogP contribution in [0.4, 0.5) is 0 Å². The van der Waals surface area contributed by atoms with Gasteiger partial charge in [0.2, 0.25) is 0 Å². The molecule has 0 N–H and O–H groups in total. The van der Waals surface area contributed by atoms with E-state index < -0.39 is 0 Å². The molecule has 0 radical (unpaired) electrons. The molecule has 0 aliphatic heterocycles. The number of benzene rings is 1. The second-order valence-electron chi connectivity index (χ2n) is 3.96. The number of hydrogen-bond acceptors (Lipinski definition) is 3. The molecule has 3 nitrogen and oxygen atoms in total. The lowest BCUT2D eigenvalue weighted by molar-refractivity contribution is -0.142. The van der Waals surface area contributed by atoms with E-state index in [0.29, 0.717) is 5.56 Å². The van der Waals surface area contributed by atoms with Gasteiger partial charge in [-0.3, -0.25) is 9.59 Å². The van der Waals surface area contributed by atoms with Gasteiger partial charge in [-0.1, -0.05) is 38.1 Å². The molecule has 1 aromatic rings. The monoisotopic (exact) mass is 220 g/mol. The van der Waals surface area contributed by atoms with Crippen LogP contribution < -0.4 is 0 Å². The van der Waals surface area contributed by atoms with Crippen LogP contribution in [0, 0.1) is 5.92 Å². The van der Waals surface area contributed by atoms with Crippen molar-refractivity contribution in [3.05, 3.63) is 35.4 Å². The highest BCUT2D eigenvalue weighted by Gasteiger charge is 2.14. The molecule has 0 fully saturated rings. The second kappa shape index (κ2) is 5.45. The molecular formula is C13H16O3. The lowest BCUT2D eigenvalue weighted by Crippen LogP contribution is -2.11. The summed E-state index contributed by atoms with van der Waals surface area (Å²) in [4.78, 5) is 22.6. The summed E-state index contributed by atoms with van der Waals surface area (Å²) in [5.74, 6) is -0.326. The second-order valence-corrected chi connectivity index (χ2v) is 3.96. The minimum atomic E-state index is -0.341. The van der Waals surface area contributed by atoms with E-state index in [1.54, 1.807) is 12.1 Å². The molecule has 0 atom stereocenters. The van der Waals surface area contributed by atoms with Gasteiger partial charge >= 0.3 is 5.97 Å². The van der Waals surface area contributed by atoms with E-state index in [1.807, 2.05) is 26.0 Å². The van der Waals surface area contributed by atoms with Gasteiger partial charge in [-0.15, -0.1) is 0 Å². The molecule has 0 heterocycles. The largest absolute Gasteiger partial charge is 0.461 e. The first-order chi connectivity index (χ1) is 7.52. The topological polar surface area (TPSA) is 43.4 Å². The Morgan fingerprint density at radius 3 is 2.44 bits per heavy atom. The number of carbonyl (C=O) groups excluding carboxylic acids is 2. The predicted octanol–water partition coefficient (Wildman–Crippen LogP) is 2.59. The van der Waals surface area contributed by atoms with Crippen LogP contribution >= 0.6 is 0 Å². The Labute approximate surface area is 95.4 Å². The molecule has 0 unspecified atom stereocenters. The van der Waals surface area contributed by atoms with Crippen LogP contribution in [0.25, 0.3) is 0 Å². The quantitative estimate of drug-likeness (QED) is 0.578. The van der Waals surface area contributed by atoms with E-state index in [1.165, 1.54) is 6.92 Å². The summed E-state index contributed by atoms with van der Waals surface area (Å²) in [5.41, 5.74) is 1.40. The molecule has 0 aliphatic rings. The fourth-order valence-electron chi connectivity index (χ4n) is 1.38. The Morgan fingerprint density at radius 1 is 1.25 bits per heavy atom. The first kappa shape index (κ1) is 12.4. The first-order valence-corrected chi connectivity index (χ1v) is 5.28. The molecule has 0 saturated heterocycles. The normalized spacial score (nSPS) is 10.2. The lowest BCUT2D eigenvalue weighted by Gasteiger charge is -2.10. The van der Waals surface area contributed by atoms with Crippen molar-refractivity contribution in [1.29, 1.82) is 0 Å². The van der Waals surface area contributed by atoms with Gasteiger partial charge in [-0.2, -0.15) is 0 Å². The van der Waals surface area contributed by atoms with Crippen LogP contribution in [0.3, 0.4) is 0 Å². The van der Waals surface area contributed by atoms with Gasteiger partial charge in [0.25, 0.3) is 0 Å². The van der Waals surface area contributed by atoms with Gasteiger partial charge in [0.1, 0.15) is 6.61 Å². The number of ketones is 1. The zero-order valence-electron chi connectivity index (χ0n) is 9.82. The molecule has 3 heteroatoms. The summed E-state index contributed by atoms with van der Waals surface area (Å²) >= 11 is 0. The van der Waals surface area contributed by atoms with Crippen LogP contribution in [0.15, 0.2) is 24.3 Å². The zero-order valence-corrected chi connectivity index (χ0v) is 9.82. The molecule has 86 valence electrons. The Kier molecular flexibility index (Phi) is 4.23. The average Bonchev–Trinajstić information content (AvgIpc) is 2.25. The molecule has 0 spiro atoms. The van der Waals surface area contributed by atoms with Gasteiger partial charge in [0.15, 0.2) is 5.78 Å². The van der Waals surface area contributed by atoms with E-state index in [-0.39, 0.29) is 24.3 Å². The van der Waals surface area contributed by atoms with Crippen LogP contribution in [-0.4, -0.2) is 11.8 Å². The minimum Gasteiger partial charge on any atom is -0.461 e. The zero-order chi connectivity index (χ0) is 12.1. The van der Waals surface area contributed by atoms with Gasteiger partial charge in [-0.05, 0) is 0 Å². The Morgan fingerprint density at radius 2 is 1.88 bits per heavy atom. The molecular weight excluding hydrogens is 204 g/mol. The average molecular weight is 220 g/mol. The third-order valence-corrected chi connectivity index (χ3v) is 2.24. The smallest absolute Gasteiger partial charge is 0.302 e. The molecule has 16 heavy (non-hydrogen) atoms. The van der Waals surface area contributed by atoms with Crippen LogP contribution in [0.1, 0.15) is 36.7 Å². The summed E-state index contributed by atoms with van der Waals surface area (Å²) in [5, 5.41) is 0. The number of ether oxygens (including phenoxy) is 1. The van der Waals surface area contributed by atoms with Crippen molar-refractivity contribution in [2.24, 2.45) is 5.92 Å². The van der Waals surface area contributed by atoms with Gasteiger partial charge in [-0.25, -0.2) is 0 Å². The van der Waals surface area contributed by atoms with Gasteiger partial charge in [0, 0.05) is 24.0 Å². The highest BCUT2D eigenvalue weighted by molar-refractivity contribution is 5.98. The standard InChI is InChI=1S/C13H16O3/c1-9(2)13(15)12-7-5-4-6-11(12)8-16-10(3)14/h4-7,9H,8H2,1-3H3. The van der Waals surface area contributed by atoms with E-state index >= 15 is 0 Å². The highest BCUT2D eigenvalue weighted by Crippen LogP contribution is 2.15. The Balaban J connectivity index is 2.91. The van der Waals surface area contributed by atoms with E-state index in [0.717, 1.165) is 5.56 Å². The van der Waals surface area contributed by atoms with Crippen molar-refractivity contribution >= 4 is 11.8 Å². The summed E-state index contributed by atoms with van der Waals surface area (Å²) in [6.07, 6.45) is 0. The summed E-state index contributed by atoms with van der Waals surface area (Å²) in [7, 11) is 0. The van der Waals surface area contributed by atoms with Crippen LogP contribution in [-0.2, 0) is 16.1 Å². The van der Waals surface area contributed by atoms with Crippen molar-refractivity contribution in [1.82, 2.24) is 0 Å². The minimum absolute atomic E-state index is 0.0570. The molecule has 0 bridgehead atoms. The molecule has 0 saturated carbocycles. The summed E-state index contributed by atoms with van der Waals surface area (Å²) in [6.45, 7) is 5.22. The van der Waals surface area contributed by atoms with E-state index in [2.05, 4.69) is 0 Å². The third kappa shape index (κ3) is 3.19. The van der Waals surface area contributed by atoms with Crippen molar-refractivity contribution in [3.63, 3.8) is 0 Å². The van der Waals surface area contributed by atoms with Crippen LogP contribution in [0.2, 0.25) is 0 Å². The number of hydrogen-bond donors (Lipinski definition) is 0. The van der Waals surface area contributed by atoms with Crippen molar-refractivity contribution in [2.75, 3.05) is 0 Å². The number of esters is 1. The highest BCUT2D eigenvalue weighted by atomic mass is 16.5. The van der Waals surface area contributed by atoms with Gasteiger partial charge in [0.05, 0.1) is 0 Å². The third-order valence-electron chi connectivity index (χ3n) is 2.24. The summed E-state index contributed by atoms with van der Waals surface area (Å²) < 4.78 is 4.91. The molecule has 0 amide bonds. The first-order valence-electron chi connectivity index (χ1n) is 5.28. The molecule has 0 aromatic heterocycles. The Hall–Kier alpha value is -1.64.